The molecule has 1 aliphatic heterocycles. The molecule has 0 saturated carbocycles. The number of para-hydroxylation sites is 2. The van der Waals surface area contributed by atoms with Gasteiger partial charge in [0.25, 0.3) is 5.91 Å². The number of anilines is 2. The first kappa shape index (κ1) is 17.3. The smallest absolute Gasteiger partial charge is 0.266 e. The molecule has 1 unspecified atom stereocenters. The van der Waals surface area contributed by atoms with Crippen LogP contribution >= 0.6 is 11.3 Å². The second kappa shape index (κ2) is 7.24. The Morgan fingerprint density at radius 1 is 1.33 bits per heavy atom. The van der Waals surface area contributed by atoms with Crippen LogP contribution < -0.4 is 20.1 Å². The SMILES string of the molecule is CCOc1ccc2nc(NC(=O)CC3Oc4ccccc4NC3=O)sc2c1. The Hall–Kier alpha value is -3.13. The maximum absolute atomic E-state index is 12.4. The molecule has 7 nitrogen and oxygen atoms in total. The highest BCUT2D eigenvalue weighted by molar-refractivity contribution is 7.22. The maximum Gasteiger partial charge on any atom is 0.266 e. The largest absolute Gasteiger partial charge is 0.494 e. The van der Waals surface area contributed by atoms with Gasteiger partial charge in [-0.3, -0.25) is 9.59 Å². The summed E-state index contributed by atoms with van der Waals surface area (Å²) >= 11 is 1.35. The van der Waals surface area contributed by atoms with Gasteiger partial charge in [-0.25, -0.2) is 4.98 Å². The highest BCUT2D eigenvalue weighted by Gasteiger charge is 2.29. The van der Waals surface area contributed by atoms with Crippen LogP contribution in [0, 0.1) is 0 Å². The molecule has 2 N–H and O–H groups in total. The van der Waals surface area contributed by atoms with Gasteiger partial charge in [0, 0.05) is 0 Å². The van der Waals surface area contributed by atoms with E-state index in [1.807, 2.05) is 31.2 Å². The summed E-state index contributed by atoms with van der Waals surface area (Å²) < 4.78 is 12.0. The van der Waals surface area contributed by atoms with Gasteiger partial charge in [0.15, 0.2) is 11.2 Å². The van der Waals surface area contributed by atoms with Crippen LogP contribution in [0.4, 0.5) is 10.8 Å². The van der Waals surface area contributed by atoms with Crippen LogP contribution in [0.25, 0.3) is 10.2 Å². The van der Waals surface area contributed by atoms with E-state index in [1.54, 1.807) is 18.2 Å². The molecule has 1 aliphatic rings. The number of nitrogens with zero attached hydrogens (tertiary/aromatic N) is 1. The lowest BCUT2D eigenvalue weighted by atomic mass is 10.1. The molecule has 2 heterocycles. The van der Waals surface area contributed by atoms with Crippen LogP contribution in [-0.4, -0.2) is 29.5 Å². The molecule has 2 aromatic carbocycles. The molecule has 0 fully saturated rings. The first-order chi connectivity index (χ1) is 13.1. The normalized spacial score (nSPS) is 15.6. The maximum atomic E-state index is 12.4. The summed E-state index contributed by atoms with van der Waals surface area (Å²) in [6.07, 6.45) is -0.973. The van der Waals surface area contributed by atoms with Gasteiger partial charge in [0.1, 0.15) is 11.5 Å². The zero-order valence-electron chi connectivity index (χ0n) is 14.5. The third-order valence-corrected chi connectivity index (χ3v) is 4.93. The van der Waals surface area contributed by atoms with Crippen LogP contribution in [0.15, 0.2) is 42.5 Å². The van der Waals surface area contributed by atoms with E-state index in [9.17, 15) is 9.59 Å². The summed E-state index contributed by atoms with van der Waals surface area (Å²) in [7, 11) is 0. The molecule has 27 heavy (non-hydrogen) atoms. The molecule has 0 bridgehead atoms. The molecule has 2 amide bonds. The zero-order chi connectivity index (χ0) is 18.8. The van der Waals surface area contributed by atoms with Crippen molar-refractivity contribution in [2.24, 2.45) is 0 Å². The van der Waals surface area contributed by atoms with Gasteiger partial charge in [-0.05, 0) is 37.3 Å². The van der Waals surface area contributed by atoms with Gasteiger partial charge in [-0.2, -0.15) is 0 Å². The van der Waals surface area contributed by atoms with Gasteiger partial charge in [-0.15, -0.1) is 0 Å². The van der Waals surface area contributed by atoms with E-state index in [-0.39, 0.29) is 18.2 Å². The van der Waals surface area contributed by atoms with Crippen LogP contribution in [0.3, 0.4) is 0 Å². The van der Waals surface area contributed by atoms with Gasteiger partial charge in [0.2, 0.25) is 5.91 Å². The van der Waals surface area contributed by atoms with E-state index < -0.39 is 6.10 Å². The molecule has 0 saturated heterocycles. The lowest BCUT2D eigenvalue weighted by Crippen LogP contribution is -2.39. The summed E-state index contributed by atoms with van der Waals surface area (Å²) in [5.74, 6) is 0.643. The van der Waals surface area contributed by atoms with Crippen molar-refractivity contribution in [1.82, 2.24) is 4.98 Å². The lowest BCUT2D eigenvalue weighted by molar-refractivity contribution is -0.128. The van der Waals surface area contributed by atoms with E-state index in [4.69, 9.17) is 9.47 Å². The highest BCUT2D eigenvalue weighted by atomic mass is 32.1. The number of rotatable bonds is 5. The number of carbonyl (C=O) groups excluding carboxylic acids is 2. The van der Waals surface area contributed by atoms with Crippen molar-refractivity contribution in [1.29, 1.82) is 0 Å². The molecule has 1 aromatic heterocycles. The summed E-state index contributed by atoms with van der Waals surface area (Å²) in [5, 5.41) is 5.96. The quantitative estimate of drug-likeness (QED) is 0.705. The van der Waals surface area contributed by atoms with Crippen molar-refractivity contribution in [3.05, 3.63) is 42.5 Å². The summed E-state index contributed by atoms with van der Waals surface area (Å²) in [5.41, 5.74) is 1.38. The van der Waals surface area contributed by atoms with E-state index in [2.05, 4.69) is 15.6 Å². The van der Waals surface area contributed by atoms with Crippen molar-refractivity contribution in [2.45, 2.75) is 19.4 Å². The number of benzene rings is 2. The predicted octanol–water partition coefficient (Wildman–Crippen LogP) is 3.42. The minimum atomic E-state index is -0.876. The first-order valence-electron chi connectivity index (χ1n) is 8.52. The number of thiazole rings is 1. The minimum absolute atomic E-state index is 0.0969. The van der Waals surface area contributed by atoms with Crippen molar-refractivity contribution in [3.8, 4) is 11.5 Å². The van der Waals surface area contributed by atoms with Gasteiger partial charge < -0.3 is 20.1 Å². The number of nitrogens with one attached hydrogen (secondary N) is 2. The first-order valence-corrected chi connectivity index (χ1v) is 9.34. The van der Waals surface area contributed by atoms with Crippen molar-refractivity contribution in [3.63, 3.8) is 0 Å². The Morgan fingerprint density at radius 3 is 3.04 bits per heavy atom. The third kappa shape index (κ3) is 3.70. The molecule has 3 aromatic rings. The number of ether oxygens (including phenoxy) is 2. The number of aromatic nitrogens is 1. The van der Waals surface area contributed by atoms with E-state index >= 15 is 0 Å². The topological polar surface area (TPSA) is 89.6 Å². The zero-order valence-corrected chi connectivity index (χ0v) is 15.3. The fourth-order valence-corrected chi connectivity index (χ4v) is 3.69. The standard InChI is InChI=1S/C19H17N3O4S/c1-2-25-11-7-8-13-16(9-11)27-19(21-13)22-17(23)10-15-18(24)20-12-5-3-4-6-14(12)26-15/h3-9,15H,2,10H2,1H3,(H,20,24)(H,21,22,23). The average molecular weight is 383 g/mol. The number of hydrogen-bond acceptors (Lipinski definition) is 6. The molecule has 0 spiro atoms. The fourth-order valence-electron chi connectivity index (χ4n) is 2.78. The summed E-state index contributed by atoms with van der Waals surface area (Å²) in [4.78, 5) is 28.9. The molecule has 1 atom stereocenters. The number of amides is 2. The number of carbonyl (C=O) groups is 2. The van der Waals surface area contributed by atoms with E-state index in [0.29, 0.717) is 23.2 Å². The Labute approximate surface area is 159 Å². The summed E-state index contributed by atoms with van der Waals surface area (Å²) in [6.45, 7) is 2.50. The molecular formula is C19H17N3O4S. The molecular weight excluding hydrogens is 366 g/mol. The highest BCUT2D eigenvalue weighted by Crippen LogP contribution is 2.31. The summed E-state index contributed by atoms with van der Waals surface area (Å²) in [6, 6.07) is 12.7. The average Bonchev–Trinajstić information content (AvgIpc) is 3.04. The van der Waals surface area contributed by atoms with Gasteiger partial charge in [0.05, 0.1) is 28.9 Å². The monoisotopic (exact) mass is 383 g/mol. The Balaban J connectivity index is 1.43. The van der Waals surface area contributed by atoms with Gasteiger partial charge in [-0.1, -0.05) is 23.5 Å². The molecule has 8 heteroatoms. The molecule has 0 radical (unpaired) electrons. The van der Waals surface area contributed by atoms with Crippen LogP contribution in [0.5, 0.6) is 11.5 Å². The minimum Gasteiger partial charge on any atom is -0.494 e. The van der Waals surface area contributed by atoms with Crippen molar-refractivity contribution in [2.75, 3.05) is 17.2 Å². The van der Waals surface area contributed by atoms with E-state index in [0.717, 1.165) is 16.0 Å². The third-order valence-electron chi connectivity index (χ3n) is 3.99. The Bertz CT molecular complexity index is 1020. The number of fused-ring (bicyclic) bond motifs is 2. The van der Waals surface area contributed by atoms with Gasteiger partial charge >= 0.3 is 0 Å². The van der Waals surface area contributed by atoms with E-state index in [1.165, 1.54) is 11.3 Å². The van der Waals surface area contributed by atoms with Crippen molar-refractivity contribution >= 4 is 44.2 Å². The second-order valence-corrected chi connectivity index (χ2v) is 6.96. The molecule has 4 rings (SSSR count). The second-order valence-electron chi connectivity index (χ2n) is 5.93. The Kier molecular flexibility index (Phi) is 4.64. The number of hydrogen-bond donors (Lipinski definition) is 2. The van der Waals surface area contributed by atoms with Crippen molar-refractivity contribution < 1.29 is 19.1 Å². The van der Waals surface area contributed by atoms with Crippen LogP contribution in [0.2, 0.25) is 0 Å². The van der Waals surface area contributed by atoms with Crippen LogP contribution in [0.1, 0.15) is 13.3 Å². The molecule has 138 valence electrons. The fraction of sp³-hybridized carbons (Fsp3) is 0.211. The van der Waals surface area contributed by atoms with Crippen LogP contribution in [-0.2, 0) is 9.59 Å². The lowest BCUT2D eigenvalue weighted by Gasteiger charge is -2.25. The predicted molar refractivity (Wildman–Crippen MR) is 104 cm³/mol. The molecule has 0 aliphatic carbocycles. The Morgan fingerprint density at radius 2 is 2.19 bits per heavy atom.